The molecule has 7 nitrogen and oxygen atoms in total. The van der Waals surface area contributed by atoms with Gasteiger partial charge in [0, 0.05) is 30.3 Å². The molecule has 182 valence electrons. The Morgan fingerprint density at radius 1 is 1.18 bits per heavy atom. The molecule has 3 atom stereocenters. The Morgan fingerprint density at radius 2 is 1.97 bits per heavy atom. The van der Waals surface area contributed by atoms with Crippen molar-refractivity contribution in [1.82, 2.24) is 14.4 Å². The van der Waals surface area contributed by atoms with Crippen molar-refractivity contribution in [2.75, 3.05) is 19.7 Å². The second-order valence-electron chi connectivity index (χ2n) is 9.46. The third kappa shape index (κ3) is 4.69. The van der Waals surface area contributed by atoms with Crippen molar-refractivity contribution in [3.05, 3.63) is 35.5 Å². The predicted octanol–water partition coefficient (Wildman–Crippen LogP) is 3.87. The first-order chi connectivity index (χ1) is 16.5. The molecule has 0 spiro atoms. The minimum absolute atomic E-state index is 0.172. The molecular weight excluding hydrogens is 428 g/mol. The van der Waals surface area contributed by atoms with Gasteiger partial charge in [-0.1, -0.05) is 6.07 Å². The SMILES string of the molecule is CCOC(=O)C(C)N1CCC[C@@H]1C(=O)N1CCC[C@H]1CCc1cc2ccc(C#N)cc2n1CC. The lowest BCUT2D eigenvalue weighted by Gasteiger charge is -2.33. The number of hydrogen-bond acceptors (Lipinski definition) is 5. The summed E-state index contributed by atoms with van der Waals surface area (Å²) in [4.78, 5) is 30.0. The van der Waals surface area contributed by atoms with Crippen molar-refractivity contribution in [2.24, 2.45) is 0 Å². The summed E-state index contributed by atoms with van der Waals surface area (Å²) in [5.41, 5.74) is 3.04. The second kappa shape index (κ2) is 10.6. The zero-order chi connectivity index (χ0) is 24.2. The van der Waals surface area contributed by atoms with Crippen LogP contribution in [0.3, 0.4) is 0 Å². The highest BCUT2D eigenvalue weighted by molar-refractivity contribution is 5.84. The zero-order valence-corrected chi connectivity index (χ0v) is 20.6. The highest BCUT2D eigenvalue weighted by Gasteiger charge is 2.41. The number of amides is 1. The zero-order valence-electron chi connectivity index (χ0n) is 20.6. The molecule has 2 aliphatic heterocycles. The van der Waals surface area contributed by atoms with Gasteiger partial charge in [0.1, 0.15) is 6.04 Å². The number of carbonyl (C=O) groups is 2. The maximum atomic E-state index is 13.6. The first-order valence-electron chi connectivity index (χ1n) is 12.7. The van der Waals surface area contributed by atoms with E-state index in [1.165, 1.54) is 5.69 Å². The maximum Gasteiger partial charge on any atom is 0.323 e. The Balaban J connectivity index is 1.45. The van der Waals surface area contributed by atoms with E-state index >= 15 is 0 Å². The lowest BCUT2D eigenvalue weighted by Crippen LogP contribution is -2.52. The predicted molar refractivity (Wildman–Crippen MR) is 131 cm³/mol. The molecular formula is C27H36N4O3. The van der Waals surface area contributed by atoms with Crippen LogP contribution in [0.1, 0.15) is 64.1 Å². The van der Waals surface area contributed by atoms with Crippen LogP contribution in [-0.4, -0.2) is 64.1 Å². The van der Waals surface area contributed by atoms with Crippen molar-refractivity contribution in [2.45, 2.75) is 84.0 Å². The minimum Gasteiger partial charge on any atom is -0.465 e. The number of hydrogen-bond donors (Lipinski definition) is 0. The van der Waals surface area contributed by atoms with E-state index in [9.17, 15) is 14.9 Å². The maximum absolute atomic E-state index is 13.6. The summed E-state index contributed by atoms with van der Waals surface area (Å²) < 4.78 is 7.50. The first-order valence-corrected chi connectivity index (χ1v) is 12.7. The molecule has 3 heterocycles. The number of esters is 1. The topological polar surface area (TPSA) is 78.6 Å². The van der Waals surface area contributed by atoms with Crippen LogP contribution in [0.2, 0.25) is 0 Å². The molecule has 4 rings (SSSR count). The van der Waals surface area contributed by atoms with Gasteiger partial charge in [-0.05, 0) is 89.4 Å². The van der Waals surface area contributed by atoms with Crippen molar-refractivity contribution < 1.29 is 14.3 Å². The number of aryl methyl sites for hydroxylation is 2. The van der Waals surface area contributed by atoms with Crippen LogP contribution in [-0.2, 0) is 27.3 Å². The molecule has 1 aromatic heterocycles. The van der Waals surface area contributed by atoms with Gasteiger partial charge >= 0.3 is 5.97 Å². The van der Waals surface area contributed by atoms with Gasteiger partial charge in [0.05, 0.1) is 24.3 Å². The van der Waals surface area contributed by atoms with Crippen molar-refractivity contribution in [3.8, 4) is 6.07 Å². The fraction of sp³-hybridized carbons (Fsp3) is 0.593. The normalized spacial score (nSPS) is 21.6. The van der Waals surface area contributed by atoms with Gasteiger partial charge in [-0.25, -0.2) is 0 Å². The molecule has 1 aromatic carbocycles. The van der Waals surface area contributed by atoms with Gasteiger partial charge in [0.25, 0.3) is 0 Å². The van der Waals surface area contributed by atoms with Gasteiger partial charge in [-0.15, -0.1) is 0 Å². The molecule has 2 saturated heterocycles. The highest BCUT2D eigenvalue weighted by atomic mass is 16.5. The van der Waals surface area contributed by atoms with Crippen LogP contribution in [0.5, 0.6) is 0 Å². The quantitative estimate of drug-likeness (QED) is 0.554. The van der Waals surface area contributed by atoms with Crippen molar-refractivity contribution in [1.29, 1.82) is 5.26 Å². The Morgan fingerprint density at radius 3 is 2.71 bits per heavy atom. The van der Waals surface area contributed by atoms with E-state index in [0.29, 0.717) is 12.2 Å². The number of benzene rings is 1. The smallest absolute Gasteiger partial charge is 0.323 e. The molecule has 0 saturated carbocycles. The number of ether oxygens (including phenoxy) is 1. The average molecular weight is 465 g/mol. The third-order valence-corrected chi connectivity index (χ3v) is 7.53. The number of carbonyl (C=O) groups excluding carboxylic acids is 2. The summed E-state index contributed by atoms with van der Waals surface area (Å²) in [6, 6.07) is 9.92. The second-order valence-corrected chi connectivity index (χ2v) is 9.46. The van der Waals surface area contributed by atoms with Crippen LogP contribution in [0, 0.1) is 11.3 Å². The summed E-state index contributed by atoms with van der Waals surface area (Å²) in [7, 11) is 0. The molecule has 1 unspecified atom stereocenters. The van der Waals surface area contributed by atoms with E-state index in [1.807, 2.05) is 36.9 Å². The van der Waals surface area contributed by atoms with Crippen LogP contribution in [0.15, 0.2) is 24.3 Å². The van der Waals surface area contributed by atoms with E-state index in [0.717, 1.165) is 69.1 Å². The van der Waals surface area contributed by atoms with Gasteiger partial charge < -0.3 is 14.2 Å². The number of nitrogens with zero attached hydrogens (tertiary/aromatic N) is 4. The molecule has 2 aromatic rings. The number of fused-ring (bicyclic) bond motifs is 1. The largest absolute Gasteiger partial charge is 0.465 e. The number of aromatic nitrogens is 1. The summed E-state index contributed by atoms with van der Waals surface area (Å²) in [5.74, 6) is -0.0713. The molecule has 2 aliphatic rings. The van der Waals surface area contributed by atoms with Crippen molar-refractivity contribution in [3.63, 3.8) is 0 Å². The van der Waals surface area contributed by atoms with Gasteiger partial charge in [-0.2, -0.15) is 5.26 Å². The summed E-state index contributed by atoms with van der Waals surface area (Å²) in [6.45, 7) is 8.56. The molecule has 0 N–H and O–H groups in total. The molecule has 34 heavy (non-hydrogen) atoms. The van der Waals surface area contributed by atoms with Gasteiger partial charge in [0.2, 0.25) is 5.91 Å². The molecule has 0 aliphatic carbocycles. The summed E-state index contributed by atoms with van der Waals surface area (Å²) in [6.07, 6.45) is 5.60. The molecule has 1 amide bonds. The van der Waals surface area contributed by atoms with E-state index in [-0.39, 0.29) is 24.0 Å². The third-order valence-electron chi connectivity index (χ3n) is 7.53. The lowest BCUT2D eigenvalue weighted by molar-refractivity contribution is -0.151. The molecule has 2 fully saturated rings. The highest BCUT2D eigenvalue weighted by Crippen LogP contribution is 2.29. The van der Waals surface area contributed by atoms with Gasteiger partial charge in [0.15, 0.2) is 0 Å². The van der Waals surface area contributed by atoms with E-state index in [1.54, 1.807) is 0 Å². The van der Waals surface area contributed by atoms with E-state index < -0.39 is 6.04 Å². The average Bonchev–Trinajstić information content (AvgIpc) is 3.59. The van der Waals surface area contributed by atoms with Crippen LogP contribution in [0.4, 0.5) is 0 Å². The standard InChI is InChI=1S/C27H36N4O3/c1-4-29-23(17-21-11-10-20(18-28)16-25(21)29)13-12-22-8-6-15-31(22)26(32)24-9-7-14-30(24)19(3)27(33)34-5-2/h10-11,16-17,19,22,24H,4-9,12-15H2,1-3H3/t19?,22-,24+/m0/s1. The van der Waals surface area contributed by atoms with E-state index in [2.05, 4.69) is 28.5 Å². The minimum atomic E-state index is -0.393. The Kier molecular flexibility index (Phi) is 7.57. The van der Waals surface area contributed by atoms with Crippen LogP contribution >= 0.6 is 0 Å². The lowest BCUT2D eigenvalue weighted by atomic mass is 10.1. The molecule has 0 bridgehead atoms. The fourth-order valence-electron chi connectivity index (χ4n) is 5.81. The fourth-order valence-corrected chi connectivity index (χ4v) is 5.81. The number of likely N-dealkylation sites (tertiary alicyclic amines) is 2. The Hall–Kier alpha value is -2.85. The molecule has 0 radical (unpaired) electrons. The monoisotopic (exact) mass is 464 g/mol. The Labute approximate surface area is 202 Å². The Bertz CT molecular complexity index is 1090. The molecule has 7 heteroatoms. The van der Waals surface area contributed by atoms with Gasteiger partial charge in [-0.3, -0.25) is 14.5 Å². The van der Waals surface area contributed by atoms with E-state index in [4.69, 9.17) is 4.74 Å². The first kappa shape index (κ1) is 24.3. The number of rotatable bonds is 8. The number of nitriles is 1. The van der Waals surface area contributed by atoms with Crippen LogP contribution in [0.25, 0.3) is 10.9 Å². The van der Waals surface area contributed by atoms with Crippen LogP contribution < -0.4 is 0 Å². The van der Waals surface area contributed by atoms with Crippen molar-refractivity contribution >= 4 is 22.8 Å². The summed E-state index contributed by atoms with van der Waals surface area (Å²) >= 11 is 0. The summed E-state index contributed by atoms with van der Waals surface area (Å²) in [5, 5.41) is 10.4.